The normalized spacial score (nSPS) is 11.6. The Morgan fingerprint density at radius 1 is 0.962 bits per heavy atom. The maximum absolute atomic E-state index is 12.8. The van der Waals surface area contributed by atoms with Gasteiger partial charge in [-0.15, -0.1) is 5.10 Å². The summed E-state index contributed by atoms with van der Waals surface area (Å²) < 4.78 is 29.5. The van der Waals surface area contributed by atoms with Crippen molar-refractivity contribution in [3.63, 3.8) is 0 Å². The molecule has 1 aromatic heterocycles. The third-order valence-electron chi connectivity index (χ3n) is 3.84. The number of anilines is 1. The molecule has 130 valence electrons. The number of tetrazole rings is 1. The van der Waals surface area contributed by atoms with Gasteiger partial charge in [0.2, 0.25) is 0 Å². The Balaban J connectivity index is 1.72. The van der Waals surface area contributed by atoms with Gasteiger partial charge in [-0.2, -0.15) is 0 Å². The molecule has 3 aromatic carbocycles. The van der Waals surface area contributed by atoms with E-state index in [0.717, 1.165) is 10.8 Å². The summed E-state index contributed by atoms with van der Waals surface area (Å²) in [4.78, 5) is 0.153. The van der Waals surface area contributed by atoms with Crippen molar-refractivity contribution in [2.75, 3.05) is 4.72 Å². The van der Waals surface area contributed by atoms with Crippen LogP contribution in [0.15, 0.2) is 71.9 Å². The van der Waals surface area contributed by atoms with Gasteiger partial charge in [-0.3, -0.25) is 4.72 Å². The number of hydrogen-bond donors (Lipinski definition) is 1. The van der Waals surface area contributed by atoms with Crippen molar-refractivity contribution < 1.29 is 8.42 Å². The van der Waals surface area contributed by atoms with Crippen LogP contribution >= 0.6 is 11.6 Å². The first-order valence-electron chi connectivity index (χ1n) is 7.57. The van der Waals surface area contributed by atoms with Crippen molar-refractivity contribution in [2.24, 2.45) is 0 Å². The predicted octanol–water partition coefficient (Wildman–Crippen LogP) is 3.27. The molecule has 0 unspecified atom stereocenters. The van der Waals surface area contributed by atoms with Crippen LogP contribution in [0.5, 0.6) is 0 Å². The summed E-state index contributed by atoms with van der Waals surface area (Å²) in [6.07, 6.45) is 1.41. The molecule has 26 heavy (non-hydrogen) atoms. The molecule has 0 atom stereocenters. The van der Waals surface area contributed by atoms with Gasteiger partial charge in [0.1, 0.15) is 6.33 Å². The minimum absolute atomic E-state index is 0.153. The van der Waals surface area contributed by atoms with Gasteiger partial charge < -0.3 is 0 Å². The fraction of sp³-hybridized carbons (Fsp3) is 0. The minimum atomic E-state index is -3.81. The number of rotatable bonds is 4. The summed E-state index contributed by atoms with van der Waals surface area (Å²) >= 11 is 6.16. The van der Waals surface area contributed by atoms with E-state index in [4.69, 9.17) is 11.6 Å². The zero-order valence-corrected chi connectivity index (χ0v) is 14.8. The van der Waals surface area contributed by atoms with E-state index < -0.39 is 10.0 Å². The molecular formula is C17H12ClN5O2S. The molecular weight excluding hydrogens is 374 g/mol. The van der Waals surface area contributed by atoms with Gasteiger partial charge in [-0.1, -0.05) is 41.9 Å². The van der Waals surface area contributed by atoms with Crippen molar-refractivity contribution in [1.29, 1.82) is 0 Å². The first kappa shape index (κ1) is 16.5. The number of hydrogen-bond acceptors (Lipinski definition) is 5. The molecule has 0 amide bonds. The lowest BCUT2D eigenvalue weighted by molar-refractivity contribution is 0.601. The van der Waals surface area contributed by atoms with Gasteiger partial charge >= 0.3 is 0 Å². The lowest BCUT2D eigenvalue weighted by Crippen LogP contribution is -2.13. The van der Waals surface area contributed by atoms with Crippen molar-refractivity contribution >= 4 is 38.1 Å². The second-order valence-corrected chi connectivity index (χ2v) is 7.62. The summed E-state index contributed by atoms with van der Waals surface area (Å²) in [7, 11) is -3.81. The number of halogens is 1. The van der Waals surface area contributed by atoms with Crippen LogP contribution in [0.25, 0.3) is 16.5 Å². The zero-order chi connectivity index (χ0) is 18.1. The second kappa shape index (κ2) is 6.40. The summed E-state index contributed by atoms with van der Waals surface area (Å²) in [6.45, 7) is 0. The highest BCUT2D eigenvalue weighted by Gasteiger charge is 2.17. The van der Waals surface area contributed by atoms with E-state index in [2.05, 4.69) is 20.2 Å². The molecule has 1 N–H and O–H groups in total. The Kier molecular flexibility index (Phi) is 4.06. The van der Waals surface area contributed by atoms with Gasteiger partial charge in [-0.05, 0) is 51.5 Å². The maximum atomic E-state index is 12.8. The van der Waals surface area contributed by atoms with E-state index in [-0.39, 0.29) is 15.6 Å². The molecule has 9 heteroatoms. The van der Waals surface area contributed by atoms with Gasteiger partial charge in [0, 0.05) is 0 Å². The zero-order valence-electron chi connectivity index (χ0n) is 13.2. The van der Waals surface area contributed by atoms with E-state index in [9.17, 15) is 8.42 Å². The number of aromatic nitrogens is 4. The van der Waals surface area contributed by atoms with Crippen LogP contribution in [-0.2, 0) is 10.0 Å². The second-order valence-electron chi connectivity index (χ2n) is 5.53. The molecule has 0 saturated heterocycles. The predicted molar refractivity (Wildman–Crippen MR) is 98.9 cm³/mol. The third-order valence-corrected chi connectivity index (χ3v) is 5.53. The Labute approximate surface area is 154 Å². The Morgan fingerprint density at radius 2 is 1.77 bits per heavy atom. The highest BCUT2D eigenvalue weighted by Crippen LogP contribution is 2.28. The van der Waals surface area contributed by atoms with Crippen molar-refractivity contribution in [1.82, 2.24) is 20.2 Å². The van der Waals surface area contributed by atoms with Crippen LogP contribution in [0.2, 0.25) is 5.02 Å². The van der Waals surface area contributed by atoms with Crippen molar-refractivity contribution in [3.8, 4) is 5.69 Å². The first-order valence-corrected chi connectivity index (χ1v) is 9.44. The van der Waals surface area contributed by atoms with Gasteiger partial charge in [-0.25, -0.2) is 13.1 Å². The fourth-order valence-corrected chi connectivity index (χ4v) is 3.88. The molecule has 4 rings (SSSR count). The molecule has 4 aromatic rings. The molecule has 0 spiro atoms. The lowest BCUT2D eigenvalue weighted by atomic mass is 10.1. The minimum Gasteiger partial charge on any atom is -0.278 e. The van der Waals surface area contributed by atoms with Gasteiger partial charge in [0.25, 0.3) is 10.0 Å². The molecule has 0 aliphatic heterocycles. The molecule has 7 nitrogen and oxygen atoms in total. The lowest BCUT2D eigenvalue weighted by Gasteiger charge is -2.11. The smallest absolute Gasteiger partial charge is 0.261 e. The van der Waals surface area contributed by atoms with E-state index >= 15 is 0 Å². The van der Waals surface area contributed by atoms with E-state index in [1.54, 1.807) is 36.4 Å². The third kappa shape index (κ3) is 3.12. The summed E-state index contributed by atoms with van der Waals surface area (Å²) in [6, 6.07) is 17.3. The van der Waals surface area contributed by atoms with Crippen LogP contribution < -0.4 is 4.72 Å². The van der Waals surface area contributed by atoms with Crippen LogP contribution in [-0.4, -0.2) is 28.6 Å². The first-order chi connectivity index (χ1) is 12.5. The number of fused-ring (bicyclic) bond motifs is 1. The summed E-state index contributed by atoms with van der Waals surface area (Å²) in [5.74, 6) is 0. The van der Waals surface area contributed by atoms with Crippen LogP contribution in [0.4, 0.5) is 5.69 Å². The SMILES string of the molecule is O=S(=O)(Nc1cc(-n2cnnn2)ccc1Cl)c1ccc2ccccc2c1. The molecule has 0 aliphatic carbocycles. The quantitative estimate of drug-likeness (QED) is 0.582. The molecule has 0 radical (unpaired) electrons. The fourth-order valence-electron chi connectivity index (χ4n) is 2.55. The van der Waals surface area contributed by atoms with E-state index in [0.29, 0.717) is 5.69 Å². The highest BCUT2D eigenvalue weighted by molar-refractivity contribution is 7.92. The van der Waals surface area contributed by atoms with Crippen LogP contribution in [0.3, 0.4) is 0 Å². The molecule has 0 bridgehead atoms. The highest BCUT2D eigenvalue weighted by atomic mass is 35.5. The number of nitrogens with one attached hydrogen (secondary N) is 1. The number of benzene rings is 3. The van der Waals surface area contributed by atoms with Crippen LogP contribution in [0.1, 0.15) is 0 Å². The average Bonchev–Trinajstić information content (AvgIpc) is 3.18. The molecule has 1 heterocycles. The summed E-state index contributed by atoms with van der Waals surface area (Å²) in [5, 5.41) is 13.0. The van der Waals surface area contributed by atoms with Gasteiger partial charge in [0.15, 0.2) is 0 Å². The topological polar surface area (TPSA) is 89.8 Å². The number of sulfonamides is 1. The van der Waals surface area contributed by atoms with Crippen molar-refractivity contribution in [2.45, 2.75) is 4.90 Å². The monoisotopic (exact) mass is 385 g/mol. The standard InChI is InChI=1S/C17H12ClN5O2S/c18-16-8-6-14(23-11-19-21-22-23)10-17(16)20-26(24,25)15-7-5-12-3-1-2-4-13(12)9-15/h1-11,20H. The Bertz CT molecular complexity index is 1190. The average molecular weight is 386 g/mol. The van der Waals surface area contributed by atoms with E-state index in [1.807, 2.05) is 24.3 Å². The molecule has 0 aliphatic rings. The number of nitrogens with zero attached hydrogens (tertiary/aromatic N) is 4. The van der Waals surface area contributed by atoms with Gasteiger partial charge in [0.05, 0.1) is 21.3 Å². The largest absolute Gasteiger partial charge is 0.278 e. The summed E-state index contributed by atoms with van der Waals surface area (Å²) in [5.41, 5.74) is 0.823. The molecule has 0 saturated carbocycles. The Morgan fingerprint density at radius 3 is 2.54 bits per heavy atom. The van der Waals surface area contributed by atoms with Crippen LogP contribution in [0, 0.1) is 0 Å². The Hall–Kier alpha value is -2.97. The molecule has 0 fully saturated rings. The van der Waals surface area contributed by atoms with E-state index in [1.165, 1.54) is 11.0 Å². The maximum Gasteiger partial charge on any atom is 0.261 e. The van der Waals surface area contributed by atoms with Crippen molar-refractivity contribution in [3.05, 3.63) is 72.0 Å².